The van der Waals surface area contributed by atoms with Crippen LogP contribution in [-0.2, 0) is 11.3 Å². The van der Waals surface area contributed by atoms with Gasteiger partial charge in [-0.15, -0.1) is 0 Å². The monoisotopic (exact) mass is 522 g/mol. The normalized spacial score (nSPS) is 17.1. The van der Waals surface area contributed by atoms with Crippen molar-refractivity contribution in [2.45, 2.75) is 31.8 Å². The highest BCUT2D eigenvalue weighted by Gasteiger charge is 2.36. The average Bonchev–Trinajstić information content (AvgIpc) is 3.28. The van der Waals surface area contributed by atoms with Crippen LogP contribution in [0.3, 0.4) is 0 Å². The molecular formula is C32H24Cl2N2O. The molecule has 4 aromatic carbocycles. The smallest absolute Gasteiger partial charge is 0.161 e. The lowest BCUT2D eigenvalue weighted by molar-refractivity contribution is -0.116. The minimum atomic E-state index is -0.198. The van der Waals surface area contributed by atoms with Gasteiger partial charge in [0.1, 0.15) is 0 Å². The Morgan fingerprint density at radius 2 is 1.68 bits per heavy atom. The molecule has 0 radical (unpaired) electrons. The number of para-hydroxylation sites is 1. The number of rotatable bonds is 3. The zero-order valence-electron chi connectivity index (χ0n) is 20.1. The van der Waals surface area contributed by atoms with Crippen molar-refractivity contribution in [3.8, 4) is 0 Å². The number of carbonyl (C=O) groups is 1. The van der Waals surface area contributed by atoms with Crippen molar-refractivity contribution in [3.05, 3.63) is 117 Å². The maximum atomic E-state index is 13.5. The lowest BCUT2D eigenvalue weighted by atomic mass is 9.77. The maximum Gasteiger partial charge on any atom is 0.161 e. The van der Waals surface area contributed by atoms with E-state index in [1.54, 1.807) is 0 Å². The molecule has 7 rings (SSSR count). The molecule has 5 heteroatoms. The van der Waals surface area contributed by atoms with Gasteiger partial charge in [-0.2, -0.15) is 0 Å². The van der Waals surface area contributed by atoms with Crippen LogP contribution in [-0.4, -0.2) is 10.4 Å². The molecule has 2 aliphatic rings. The number of benzene rings is 4. The summed E-state index contributed by atoms with van der Waals surface area (Å²) in [5.41, 5.74) is 7.73. The minimum Gasteiger partial charge on any atom is -0.373 e. The van der Waals surface area contributed by atoms with E-state index in [0.29, 0.717) is 23.0 Å². The van der Waals surface area contributed by atoms with Gasteiger partial charge in [0.2, 0.25) is 0 Å². The molecule has 1 aromatic heterocycles. The fraction of sp³-hybridized carbons (Fsp3) is 0.156. The van der Waals surface area contributed by atoms with E-state index in [9.17, 15) is 4.79 Å². The number of ketones is 1. The fourth-order valence-corrected chi connectivity index (χ4v) is 6.43. The van der Waals surface area contributed by atoms with E-state index in [2.05, 4.69) is 76.7 Å². The number of allylic oxidation sites excluding steroid dienone is 1. The van der Waals surface area contributed by atoms with Gasteiger partial charge in [0.15, 0.2) is 5.78 Å². The number of aromatic nitrogens is 1. The largest absolute Gasteiger partial charge is 0.373 e. The second kappa shape index (κ2) is 8.79. The molecule has 0 unspecified atom stereocenters. The summed E-state index contributed by atoms with van der Waals surface area (Å²) in [6.45, 7) is 0.658. The molecular weight excluding hydrogens is 499 g/mol. The molecule has 1 atom stereocenters. The molecule has 0 saturated heterocycles. The zero-order chi connectivity index (χ0) is 25.1. The van der Waals surface area contributed by atoms with Crippen molar-refractivity contribution in [1.29, 1.82) is 0 Å². The Bertz CT molecular complexity index is 1760. The first-order valence-corrected chi connectivity index (χ1v) is 13.4. The summed E-state index contributed by atoms with van der Waals surface area (Å²) in [6, 6.07) is 26.8. The van der Waals surface area contributed by atoms with Gasteiger partial charge in [0, 0.05) is 52.5 Å². The number of Topliss-reactive ketones (excluding diaryl/α,β-unsaturated/α-hetero) is 1. The van der Waals surface area contributed by atoms with Crippen LogP contribution in [0.15, 0.2) is 90.6 Å². The lowest BCUT2D eigenvalue weighted by Crippen LogP contribution is -2.27. The molecule has 37 heavy (non-hydrogen) atoms. The molecule has 1 aliphatic carbocycles. The van der Waals surface area contributed by atoms with Crippen LogP contribution >= 0.6 is 23.2 Å². The Labute approximate surface area is 225 Å². The summed E-state index contributed by atoms with van der Waals surface area (Å²) in [6.07, 6.45) is 4.61. The Balaban J connectivity index is 1.41. The van der Waals surface area contributed by atoms with Gasteiger partial charge in [-0.05, 0) is 59.0 Å². The van der Waals surface area contributed by atoms with Crippen LogP contribution in [0, 0.1) is 0 Å². The van der Waals surface area contributed by atoms with Crippen LogP contribution in [0.5, 0.6) is 0 Å². The highest BCUT2D eigenvalue weighted by Crippen LogP contribution is 2.49. The first-order valence-electron chi connectivity index (χ1n) is 12.6. The average molecular weight is 523 g/mol. The molecule has 182 valence electrons. The zero-order valence-corrected chi connectivity index (χ0v) is 21.6. The highest BCUT2D eigenvalue weighted by atomic mass is 35.5. The third-order valence-corrected chi connectivity index (χ3v) is 8.48. The predicted octanol–water partition coefficient (Wildman–Crippen LogP) is 8.82. The molecule has 1 N–H and O–H groups in total. The van der Waals surface area contributed by atoms with Crippen molar-refractivity contribution in [1.82, 2.24) is 4.57 Å². The molecule has 0 spiro atoms. The van der Waals surface area contributed by atoms with E-state index < -0.39 is 0 Å². The van der Waals surface area contributed by atoms with E-state index in [1.165, 1.54) is 21.9 Å². The molecule has 0 fully saturated rings. The van der Waals surface area contributed by atoms with Crippen LogP contribution in [0.1, 0.15) is 42.0 Å². The van der Waals surface area contributed by atoms with Crippen LogP contribution in [0.2, 0.25) is 10.0 Å². The Hall–Kier alpha value is -3.53. The van der Waals surface area contributed by atoms with Crippen molar-refractivity contribution in [2.75, 3.05) is 5.32 Å². The van der Waals surface area contributed by atoms with Crippen LogP contribution in [0.4, 0.5) is 5.69 Å². The standard InChI is InChI=1S/C32H24Cl2N2O/c33-25-14-12-19(16-26(25)34)17-36-18-24(22-8-3-4-10-28(22)36)32-31-23(9-5-11-29(31)37)30-21-7-2-1-6-20(21)13-15-27(30)35-32/h1-4,6-8,10,12-16,18,32,35H,5,9,11,17H2/t32-/m0/s1. The molecule has 2 heterocycles. The second-order valence-corrected chi connectivity index (χ2v) is 10.7. The number of nitrogens with zero attached hydrogens (tertiary/aromatic N) is 1. The minimum absolute atomic E-state index is 0.198. The van der Waals surface area contributed by atoms with Gasteiger partial charge >= 0.3 is 0 Å². The van der Waals surface area contributed by atoms with Gasteiger partial charge in [-0.3, -0.25) is 4.79 Å². The van der Waals surface area contributed by atoms with E-state index in [-0.39, 0.29) is 11.8 Å². The van der Waals surface area contributed by atoms with Gasteiger partial charge < -0.3 is 9.88 Å². The Morgan fingerprint density at radius 1 is 0.865 bits per heavy atom. The maximum absolute atomic E-state index is 13.5. The fourth-order valence-electron chi connectivity index (χ4n) is 6.11. The summed E-state index contributed by atoms with van der Waals surface area (Å²) >= 11 is 12.5. The number of hydrogen-bond acceptors (Lipinski definition) is 2. The van der Waals surface area contributed by atoms with Crippen molar-refractivity contribution < 1.29 is 4.79 Å². The Kier molecular flexibility index (Phi) is 5.38. The van der Waals surface area contributed by atoms with E-state index in [0.717, 1.165) is 46.1 Å². The quantitative estimate of drug-likeness (QED) is 0.256. The van der Waals surface area contributed by atoms with Crippen molar-refractivity contribution >= 4 is 61.9 Å². The van der Waals surface area contributed by atoms with Gasteiger partial charge in [0.25, 0.3) is 0 Å². The molecule has 1 aliphatic heterocycles. The van der Waals surface area contributed by atoms with Gasteiger partial charge in [-0.1, -0.05) is 77.8 Å². The Morgan fingerprint density at radius 3 is 2.54 bits per heavy atom. The number of halogens is 2. The van der Waals surface area contributed by atoms with Crippen molar-refractivity contribution in [2.24, 2.45) is 0 Å². The first-order chi connectivity index (χ1) is 18.1. The number of anilines is 1. The van der Waals surface area contributed by atoms with Gasteiger partial charge in [-0.25, -0.2) is 0 Å². The van der Waals surface area contributed by atoms with E-state index >= 15 is 0 Å². The molecule has 0 saturated carbocycles. The lowest BCUT2D eigenvalue weighted by Gasteiger charge is -2.35. The summed E-state index contributed by atoms with van der Waals surface area (Å²) in [4.78, 5) is 13.5. The highest BCUT2D eigenvalue weighted by molar-refractivity contribution is 6.42. The molecule has 3 nitrogen and oxygen atoms in total. The summed E-state index contributed by atoms with van der Waals surface area (Å²) in [7, 11) is 0. The predicted molar refractivity (Wildman–Crippen MR) is 154 cm³/mol. The van der Waals surface area contributed by atoms with Gasteiger partial charge in [0.05, 0.1) is 16.1 Å². The molecule has 0 amide bonds. The SMILES string of the molecule is O=C1CCCC2=C1[C@H](c1cn(Cc3ccc(Cl)c(Cl)c3)c3ccccc13)Nc1ccc3ccccc3c12. The molecule has 0 bridgehead atoms. The first kappa shape index (κ1) is 22.7. The number of hydrogen-bond donors (Lipinski definition) is 1. The summed E-state index contributed by atoms with van der Waals surface area (Å²) in [5.74, 6) is 0.249. The summed E-state index contributed by atoms with van der Waals surface area (Å²) in [5, 5.41) is 8.44. The molecule has 5 aromatic rings. The van der Waals surface area contributed by atoms with E-state index in [1.807, 2.05) is 18.2 Å². The van der Waals surface area contributed by atoms with E-state index in [4.69, 9.17) is 23.2 Å². The van der Waals surface area contributed by atoms with Crippen LogP contribution in [0.25, 0.3) is 27.2 Å². The second-order valence-electron chi connectivity index (χ2n) is 9.93. The third-order valence-electron chi connectivity index (χ3n) is 7.74. The number of nitrogens with one attached hydrogen (secondary N) is 1. The third kappa shape index (κ3) is 3.68. The number of carbonyl (C=O) groups excluding carboxylic acids is 1. The van der Waals surface area contributed by atoms with Crippen LogP contribution < -0.4 is 5.32 Å². The van der Waals surface area contributed by atoms with Crippen molar-refractivity contribution in [3.63, 3.8) is 0 Å². The number of fused-ring (bicyclic) bond motifs is 5. The summed E-state index contributed by atoms with van der Waals surface area (Å²) < 4.78 is 2.25. The topological polar surface area (TPSA) is 34.0 Å².